The van der Waals surface area contributed by atoms with Crippen LogP contribution in [0.25, 0.3) is 0 Å². The van der Waals surface area contributed by atoms with Gasteiger partial charge in [0.1, 0.15) is 5.69 Å². The van der Waals surface area contributed by atoms with Crippen molar-refractivity contribution in [3.05, 3.63) is 29.1 Å². The van der Waals surface area contributed by atoms with Gasteiger partial charge in [-0.1, -0.05) is 6.92 Å². The number of hydrogen-bond acceptors (Lipinski definition) is 9. The highest BCUT2D eigenvalue weighted by Crippen LogP contribution is 2.19. The highest BCUT2D eigenvalue weighted by atomic mass is 28.4. The van der Waals surface area contributed by atoms with Gasteiger partial charge < -0.3 is 37.2 Å². The Kier molecular flexibility index (Phi) is 18.3. The smallest absolute Gasteiger partial charge is 0.374 e. The van der Waals surface area contributed by atoms with Crippen LogP contribution in [0, 0.1) is 0 Å². The van der Waals surface area contributed by atoms with Crippen molar-refractivity contribution >= 4 is 29.4 Å². The van der Waals surface area contributed by atoms with E-state index in [4.69, 9.17) is 26.6 Å². The quantitative estimate of drug-likeness (QED) is 0.141. The molecule has 0 aliphatic rings. The average Bonchev–Trinajstić information content (AvgIpc) is 2.94. The van der Waals surface area contributed by atoms with Gasteiger partial charge in [-0.15, -0.1) is 0 Å². The molecule has 230 valence electrons. The van der Waals surface area contributed by atoms with Gasteiger partial charge in [0.25, 0.3) is 11.8 Å². The summed E-state index contributed by atoms with van der Waals surface area (Å²) >= 11 is 0. The third-order valence-electron chi connectivity index (χ3n) is 5.89. The number of rotatable bonds is 23. The molecule has 1 heterocycles. The lowest BCUT2D eigenvalue weighted by atomic mass is 10.1. The Labute approximate surface area is 242 Å². The van der Waals surface area contributed by atoms with Crippen LogP contribution in [-0.2, 0) is 33.0 Å². The zero-order valence-electron chi connectivity index (χ0n) is 25.6. The van der Waals surface area contributed by atoms with Gasteiger partial charge >= 0.3 is 17.6 Å². The van der Waals surface area contributed by atoms with E-state index in [1.165, 1.54) is 0 Å². The lowest BCUT2D eigenvalue weighted by molar-refractivity contribution is 0.0698. The van der Waals surface area contributed by atoms with Crippen LogP contribution in [0.4, 0.5) is 0 Å². The molecule has 0 atom stereocenters. The SMILES string of the molecule is CCO[Si](CCCNC(=O)c1cc(CC)cnc1C(=O)NCCC[Si](OCC)(OCC)OCC)(OCC)OCC. The fraction of sp³-hybridized carbons (Fsp3) is 0.741. The lowest BCUT2D eigenvalue weighted by Crippen LogP contribution is -2.46. The fourth-order valence-electron chi connectivity index (χ4n) is 4.25. The number of aryl methyl sites for hydroxylation is 1. The summed E-state index contributed by atoms with van der Waals surface area (Å²) in [6, 6.07) is 2.89. The summed E-state index contributed by atoms with van der Waals surface area (Å²) in [5.41, 5.74) is 1.22. The number of aromatic nitrogens is 1. The van der Waals surface area contributed by atoms with E-state index in [-0.39, 0.29) is 17.2 Å². The van der Waals surface area contributed by atoms with Crippen LogP contribution < -0.4 is 10.6 Å². The summed E-state index contributed by atoms with van der Waals surface area (Å²) in [5.74, 6) is -0.750. The van der Waals surface area contributed by atoms with E-state index in [1.54, 1.807) is 12.3 Å². The Morgan fingerprint density at radius 2 is 1.07 bits per heavy atom. The number of nitrogens with zero attached hydrogens (tertiary/aromatic N) is 1. The largest absolute Gasteiger partial charge is 0.500 e. The Hall–Kier alpha value is -1.72. The molecule has 0 aromatic carbocycles. The van der Waals surface area contributed by atoms with Crippen molar-refractivity contribution < 1.29 is 36.1 Å². The number of carbonyl (C=O) groups is 2. The maximum absolute atomic E-state index is 13.2. The molecule has 0 fully saturated rings. The molecule has 0 saturated carbocycles. The van der Waals surface area contributed by atoms with Gasteiger partial charge in [-0.2, -0.15) is 0 Å². The second kappa shape index (κ2) is 20.2. The zero-order chi connectivity index (χ0) is 29.9. The minimum Gasteiger partial charge on any atom is -0.374 e. The second-order valence-corrected chi connectivity index (χ2v) is 14.2. The van der Waals surface area contributed by atoms with Crippen LogP contribution in [-0.4, -0.2) is 87.1 Å². The van der Waals surface area contributed by atoms with Crippen molar-refractivity contribution in [1.82, 2.24) is 15.6 Å². The Morgan fingerprint density at radius 3 is 1.45 bits per heavy atom. The van der Waals surface area contributed by atoms with E-state index in [0.29, 0.717) is 84.1 Å². The first kappa shape index (κ1) is 36.3. The maximum Gasteiger partial charge on any atom is 0.500 e. The molecule has 0 unspecified atom stereocenters. The van der Waals surface area contributed by atoms with Crippen molar-refractivity contribution in [2.75, 3.05) is 52.7 Å². The standard InChI is InChI=1S/C27H51N3O8Si2/c1-8-23-21-24(26(31)28-17-15-19-39(33-9-2,34-10-3)35-11-4)25(30-22-23)27(32)29-18-16-20-40(36-12-5,37-13-6)38-14-7/h21-22H,8-20H2,1-7H3,(H,28,31)(H,29,32). The van der Waals surface area contributed by atoms with Crippen LogP contribution in [0.1, 0.15) is 87.7 Å². The Balaban J connectivity index is 2.84. The van der Waals surface area contributed by atoms with Crippen LogP contribution in [0.3, 0.4) is 0 Å². The third-order valence-corrected chi connectivity index (χ3v) is 12.2. The van der Waals surface area contributed by atoms with Crippen molar-refractivity contribution in [3.8, 4) is 0 Å². The molecule has 1 aromatic rings. The van der Waals surface area contributed by atoms with Crippen LogP contribution >= 0.6 is 0 Å². The highest BCUT2D eigenvalue weighted by Gasteiger charge is 2.40. The van der Waals surface area contributed by atoms with Crippen LogP contribution in [0.2, 0.25) is 12.1 Å². The molecule has 2 amide bonds. The first-order valence-electron chi connectivity index (χ1n) is 14.7. The van der Waals surface area contributed by atoms with Gasteiger partial charge in [0.05, 0.1) is 5.56 Å². The molecule has 0 radical (unpaired) electrons. The Bertz CT molecular complexity index is 844. The summed E-state index contributed by atoms with van der Waals surface area (Å²) in [5, 5.41) is 5.82. The average molecular weight is 602 g/mol. The van der Waals surface area contributed by atoms with Crippen molar-refractivity contribution in [3.63, 3.8) is 0 Å². The minimum absolute atomic E-state index is 0.0966. The number of hydrogen-bond donors (Lipinski definition) is 2. The summed E-state index contributed by atoms with van der Waals surface area (Å²) in [4.78, 5) is 30.6. The van der Waals surface area contributed by atoms with Crippen LogP contribution in [0.5, 0.6) is 0 Å². The van der Waals surface area contributed by atoms with Crippen molar-refractivity contribution in [2.24, 2.45) is 0 Å². The van der Waals surface area contributed by atoms with Gasteiger partial charge in [0, 0.05) is 71.0 Å². The molecule has 1 aromatic heterocycles. The maximum atomic E-state index is 13.2. The molecule has 0 aliphatic carbocycles. The normalized spacial score (nSPS) is 12.0. The highest BCUT2D eigenvalue weighted by molar-refractivity contribution is 6.61. The monoisotopic (exact) mass is 601 g/mol. The molecule has 11 nitrogen and oxygen atoms in total. The van der Waals surface area contributed by atoms with E-state index in [1.807, 2.05) is 48.5 Å². The predicted octanol–water partition coefficient (Wildman–Crippen LogP) is 3.98. The molecule has 1 rings (SSSR count). The van der Waals surface area contributed by atoms with E-state index < -0.39 is 23.5 Å². The molecule has 40 heavy (non-hydrogen) atoms. The molecule has 0 saturated heterocycles. The first-order chi connectivity index (χ1) is 19.3. The summed E-state index contributed by atoms with van der Waals surface area (Å²) < 4.78 is 35.3. The van der Waals surface area contributed by atoms with E-state index >= 15 is 0 Å². The summed E-state index contributed by atoms with van der Waals surface area (Å²) in [6.45, 7) is 17.2. The Morgan fingerprint density at radius 1 is 0.675 bits per heavy atom. The molecule has 0 bridgehead atoms. The minimum atomic E-state index is -2.79. The predicted molar refractivity (Wildman–Crippen MR) is 158 cm³/mol. The third kappa shape index (κ3) is 12.0. The van der Waals surface area contributed by atoms with Gasteiger partial charge in [-0.25, -0.2) is 4.98 Å². The molecular weight excluding hydrogens is 550 g/mol. The van der Waals surface area contributed by atoms with E-state index in [0.717, 1.165) is 5.56 Å². The van der Waals surface area contributed by atoms with E-state index in [2.05, 4.69) is 15.6 Å². The van der Waals surface area contributed by atoms with Crippen molar-refractivity contribution in [1.29, 1.82) is 0 Å². The van der Waals surface area contributed by atoms with Gasteiger partial charge in [-0.3, -0.25) is 9.59 Å². The topological polar surface area (TPSA) is 126 Å². The van der Waals surface area contributed by atoms with Gasteiger partial charge in [0.15, 0.2) is 0 Å². The van der Waals surface area contributed by atoms with Gasteiger partial charge in [0.2, 0.25) is 0 Å². The van der Waals surface area contributed by atoms with E-state index in [9.17, 15) is 9.59 Å². The second-order valence-electron chi connectivity index (χ2n) is 8.78. The zero-order valence-corrected chi connectivity index (χ0v) is 27.6. The number of nitrogens with one attached hydrogen (secondary N) is 2. The van der Waals surface area contributed by atoms with Gasteiger partial charge in [-0.05, 0) is 72.4 Å². The lowest BCUT2D eigenvalue weighted by Gasteiger charge is -2.28. The molecular formula is C27H51N3O8Si2. The molecule has 0 aliphatic heterocycles. The molecule has 0 spiro atoms. The molecule has 2 N–H and O–H groups in total. The number of pyridine rings is 1. The van der Waals surface area contributed by atoms with Crippen molar-refractivity contribution in [2.45, 2.75) is 79.8 Å². The van der Waals surface area contributed by atoms with Crippen LogP contribution in [0.15, 0.2) is 12.3 Å². The first-order valence-corrected chi connectivity index (χ1v) is 18.5. The molecule has 13 heteroatoms. The summed E-state index contributed by atoms with van der Waals surface area (Å²) in [6.07, 6.45) is 3.55. The summed E-state index contributed by atoms with van der Waals surface area (Å²) in [7, 11) is -5.58. The number of carbonyl (C=O) groups excluding carboxylic acids is 2. The number of amides is 2. The fourth-order valence-corrected chi connectivity index (χ4v) is 9.48.